The van der Waals surface area contributed by atoms with Crippen LogP contribution >= 0.6 is 0 Å². The Balaban J connectivity index is 2.54. The quantitative estimate of drug-likeness (QED) is 0.0887. The summed E-state index contributed by atoms with van der Waals surface area (Å²) >= 11 is 0. The summed E-state index contributed by atoms with van der Waals surface area (Å²) in [5.74, 6) is -2.07. The maximum atomic E-state index is 11.0. The molecule has 196 valence electrons. The molecule has 0 aliphatic carbocycles. The van der Waals surface area contributed by atoms with Crippen molar-refractivity contribution in [3.05, 3.63) is 4.91 Å². The molecule has 0 amide bonds. The Morgan fingerprint density at radius 3 is 1.97 bits per heavy atom. The smallest absolute Gasteiger partial charge is 0.317 e. The Morgan fingerprint density at radius 2 is 1.44 bits per heavy atom. The van der Waals surface area contributed by atoms with Gasteiger partial charge >= 0.3 is 11.9 Å². The Kier molecular flexibility index (Phi) is 16.8. The lowest BCUT2D eigenvalue weighted by Crippen LogP contribution is -2.44. The van der Waals surface area contributed by atoms with E-state index in [4.69, 9.17) is 10.2 Å². The zero-order chi connectivity index (χ0) is 25.0. The maximum absolute atomic E-state index is 11.0. The van der Waals surface area contributed by atoms with Gasteiger partial charge < -0.3 is 30.1 Å². The molecule has 34 heavy (non-hydrogen) atoms. The van der Waals surface area contributed by atoms with E-state index in [1.165, 1.54) is 4.90 Å². The normalized spacial score (nSPS) is 16.1. The molecule has 0 radical (unpaired) electrons. The molecule has 0 saturated carbocycles. The maximum Gasteiger partial charge on any atom is 0.317 e. The molecular weight excluding hydrogens is 448 g/mol. The summed E-state index contributed by atoms with van der Waals surface area (Å²) in [4.78, 5) is 55.6. The lowest BCUT2D eigenvalue weighted by Gasteiger charge is -2.29. The van der Waals surface area contributed by atoms with Gasteiger partial charge in [-0.05, 0) is 19.4 Å². The van der Waals surface area contributed by atoms with E-state index >= 15 is 0 Å². The Bertz CT molecular complexity index is 582. The molecule has 1 aliphatic heterocycles. The predicted octanol–water partition coefficient (Wildman–Crippen LogP) is -0.966. The first kappa shape index (κ1) is 29.8. The van der Waals surface area contributed by atoms with E-state index < -0.39 is 11.9 Å². The van der Waals surface area contributed by atoms with Crippen molar-refractivity contribution >= 4 is 18.2 Å². The first-order chi connectivity index (χ1) is 16.4. The number of rotatable bonds is 19. The molecule has 13 heteroatoms. The van der Waals surface area contributed by atoms with E-state index in [2.05, 4.69) is 30.2 Å². The number of nitrogens with one attached hydrogen (secondary N) is 1. The molecule has 0 bridgehead atoms. The summed E-state index contributed by atoms with van der Waals surface area (Å²) in [6, 6.07) is 0. The van der Waals surface area contributed by atoms with Gasteiger partial charge in [0.2, 0.25) is 0 Å². The standard InChI is InChI=1S/C21H40N6O7/c28-16-2-1-6-24(7-3-17-34-23-33)10-11-25-8-4-22-5-9-26(13-12-25)14-15-27(18-20(29)30)19-21(31)32/h16,22H,1-15,17-19H2,(H,29,30)(H,31,32). The molecule has 1 saturated heterocycles. The molecular formula is C21H40N6O7. The number of aldehydes is 1. The average Bonchev–Trinajstić information content (AvgIpc) is 2.89. The van der Waals surface area contributed by atoms with Gasteiger partial charge in [-0.3, -0.25) is 24.3 Å². The second-order valence-corrected chi connectivity index (χ2v) is 8.34. The highest BCUT2D eigenvalue weighted by molar-refractivity contribution is 5.72. The van der Waals surface area contributed by atoms with Crippen LogP contribution in [0.15, 0.2) is 5.34 Å². The second kappa shape index (κ2) is 19.2. The number of nitrogens with zero attached hydrogens (tertiary/aromatic N) is 5. The van der Waals surface area contributed by atoms with Gasteiger partial charge in [0.05, 0.1) is 13.1 Å². The molecule has 1 aliphatic rings. The number of carboxylic acids is 2. The fourth-order valence-electron chi connectivity index (χ4n) is 3.84. The molecule has 1 rings (SSSR count). The third-order valence-electron chi connectivity index (χ3n) is 5.68. The number of hydrogen-bond donors (Lipinski definition) is 3. The SMILES string of the molecule is O=CCCCN(CCCON=O)CCN1CCNCCN(CCN(CC(=O)O)CC(=O)O)CC1. The van der Waals surface area contributed by atoms with Crippen LogP contribution < -0.4 is 5.32 Å². The highest BCUT2D eigenvalue weighted by Crippen LogP contribution is 2.01. The summed E-state index contributed by atoms with van der Waals surface area (Å²) in [6.07, 6.45) is 2.92. The van der Waals surface area contributed by atoms with Crippen LogP contribution in [0, 0.1) is 4.91 Å². The van der Waals surface area contributed by atoms with Gasteiger partial charge in [-0.15, -0.1) is 4.91 Å². The lowest BCUT2D eigenvalue weighted by atomic mass is 10.3. The number of hydrogen-bond acceptors (Lipinski definition) is 11. The zero-order valence-electron chi connectivity index (χ0n) is 20.0. The van der Waals surface area contributed by atoms with Crippen LogP contribution in [-0.4, -0.2) is 146 Å². The van der Waals surface area contributed by atoms with Crippen molar-refractivity contribution in [1.82, 2.24) is 24.9 Å². The molecule has 0 atom stereocenters. The molecule has 3 N–H and O–H groups in total. The summed E-state index contributed by atoms with van der Waals surface area (Å²) < 4.78 is 0. The lowest BCUT2D eigenvalue weighted by molar-refractivity contribution is -0.141. The predicted molar refractivity (Wildman–Crippen MR) is 126 cm³/mol. The molecule has 0 aromatic carbocycles. The van der Waals surface area contributed by atoms with Crippen LogP contribution in [0.25, 0.3) is 0 Å². The first-order valence-corrected chi connectivity index (χ1v) is 11.9. The second-order valence-electron chi connectivity index (χ2n) is 8.34. The summed E-state index contributed by atoms with van der Waals surface area (Å²) in [7, 11) is 0. The van der Waals surface area contributed by atoms with Gasteiger partial charge in [0, 0.05) is 78.4 Å². The Labute approximate surface area is 200 Å². The van der Waals surface area contributed by atoms with Crippen LogP contribution in [0.5, 0.6) is 0 Å². The highest BCUT2D eigenvalue weighted by Gasteiger charge is 2.17. The third-order valence-corrected chi connectivity index (χ3v) is 5.68. The fourth-order valence-corrected chi connectivity index (χ4v) is 3.84. The fraction of sp³-hybridized carbons (Fsp3) is 0.857. The minimum Gasteiger partial charge on any atom is -0.480 e. The van der Waals surface area contributed by atoms with Gasteiger partial charge in [0.15, 0.2) is 5.34 Å². The van der Waals surface area contributed by atoms with Crippen molar-refractivity contribution in [2.75, 3.05) is 98.2 Å². The molecule has 1 fully saturated rings. The van der Waals surface area contributed by atoms with Crippen molar-refractivity contribution in [2.45, 2.75) is 19.3 Å². The van der Waals surface area contributed by atoms with Crippen LogP contribution in [-0.2, 0) is 19.2 Å². The number of carbonyl (C=O) groups excluding carboxylic acids is 1. The zero-order valence-corrected chi connectivity index (χ0v) is 20.0. The molecule has 1 heterocycles. The van der Waals surface area contributed by atoms with Crippen LogP contribution in [0.3, 0.4) is 0 Å². The summed E-state index contributed by atoms with van der Waals surface area (Å²) in [5, 5.41) is 23.9. The largest absolute Gasteiger partial charge is 0.480 e. The minimum absolute atomic E-state index is 0.275. The van der Waals surface area contributed by atoms with E-state index in [1.54, 1.807) is 0 Å². The van der Waals surface area contributed by atoms with Crippen molar-refractivity contribution in [3.8, 4) is 0 Å². The van der Waals surface area contributed by atoms with E-state index in [9.17, 15) is 19.3 Å². The summed E-state index contributed by atoms with van der Waals surface area (Å²) in [5.41, 5.74) is 0. The third kappa shape index (κ3) is 15.6. The van der Waals surface area contributed by atoms with Gasteiger partial charge in [-0.2, -0.15) is 0 Å². The Morgan fingerprint density at radius 1 is 0.882 bits per heavy atom. The van der Waals surface area contributed by atoms with E-state index in [0.29, 0.717) is 25.9 Å². The van der Waals surface area contributed by atoms with Crippen molar-refractivity contribution in [2.24, 2.45) is 5.34 Å². The van der Waals surface area contributed by atoms with E-state index in [-0.39, 0.29) is 19.7 Å². The van der Waals surface area contributed by atoms with E-state index in [0.717, 1.165) is 78.2 Å². The summed E-state index contributed by atoms with van der Waals surface area (Å²) in [6.45, 7) is 8.95. The van der Waals surface area contributed by atoms with Crippen molar-refractivity contribution in [1.29, 1.82) is 0 Å². The van der Waals surface area contributed by atoms with Crippen molar-refractivity contribution in [3.63, 3.8) is 0 Å². The topological polar surface area (TPSA) is 155 Å². The minimum atomic E-state index is -1.04. The van der Waals surface area contributed by atoms with Gasteiger partial charge in [0.1, 0.15) is 12.9 Å². The van der Waals surface area contributed by atoms with Gasteiger partial charge in [-0.25, -0.2) is 0 Å². The first-order valence-electron chi connectivity index (χ1n) is 11.9. The number of aliphatic carboxylic acids is 2. The number of carboxylic acid groups (broad SMARTS) is 2. The molecule has 0 aromatic rings. The molecule has 0 aromatic heterocycles. The Hall–Kier alpha value is -2.19. The van der Waals surface area contributed by atoms with Gasteiger partial charge in [0.25, 0.3) is 0 Å². The van der Waals surface area contributed by atoms with Crippen LogP contribution in [0.4, 0.5) is 0 Å². The highest BCUT2D eigenvalue weighted by atomic mass is 16.7. The van der Waals surface area contributed by atoms with Crippen LogP contribution in [0.1, 0.15) is 19.3 Å². The average molecular weight is 489 g/mol. The van der Waals surface area contributed by atoms with Crippen molar-refractivity contribution < 1.29 is 29.4 Å². The number of carbonyl (C=O) groups is 3. The van der Waals surface area contributed by atoms with Gasteiger partial charge in [-0.1, -0.05) is 0 Å². The van der Waals surface area contributed by atoms with Crippen LogP contribution in [0.2, 0.25) is 0 Å². The molecule has 0 unspecified atom stereocenters. The molecule has 13 nitrogen and oxygen atoms in total. The number of unbranched alkanes of at least 4 members (excludes halogenated alkanes) is 1. The monoisotopic (exact) mass is 488 g/mol. The van der Waals surface area contributed by atoms with E-state index in [1.807, 2.05) is 0 Å². The molecule has 0 spiro atoms.